The Morgan fingerprint density at radius 1 is 1.33 bits per heavy atom. The molecule has 0 saturated heterocycles. The van der Waals surface area contributed by atoms with Crippen LogP contribution in [0.2, 0.25) is 0 Å². The molecule has 1 N–H and O–H groups in total. The number of fused-ring (bicyclic) bond motifs is 3. The van der Waals surface area contributed by atoms with Crippen LogP contribution in [-0.4, -0.2) is 4.98 Å². The highest BCUT2D eigenvalue weighted by Gasteiger charge is 2.25. The smallest absolute Gasteiger partial charge is 0.0459 e. The van der Waals surface area contributed by atoms with Crippen molar-refractivity contribution in [3.63, 3.8) is 0 Å². The number of hydrogen-bond donors (Lipinski definition) is 1. The van der Waals surface area contributed by atoms with Crippen molar-refractivity contribution in [2.24, 2.45) is 0 Å². The predicted octanol–water partition coefficient (Wildman–Crippen LogP) is 4.00. The summed E-state index contributed by atoms with van der Waals surface area (Å²) in [5, 5.41) is 1.45. The lowest BCUT2D eigenvalue weighted by Crippen LogP contribution is -1.92. The summed E-state index contributed by atoms with van der Waals surface area (Å²) in [6.45, 7) is 2.28. The molecule has 0 radical (unpaired) electrons. The minimum atomic E-state index is 0.789. The van der Waals surface area contributed by atoms with Crippen LogP contribution in [0.4, 0.5) is 0 Å². The SMILES string of the molecule is CCCC1CCc2c1[nH]c1ccccc21. The van der Waals surface area contributed by atoms with E-state index in [2.05, 4.69) is 36.2 Å². The van der Waals surface area contributed by atoms with E-state index in [9.17, 15) is 0 Å². The molecule has 15 heavy (non-hydrogen) atoms. The molecule has 1 aromatic carbocycles. The van der Waals surface area contributed by atoms with Gasteiger partial charge in [0.1, 0.15) is 0 Å². The standard InChI is InChI=1S/C14H17N/c1-2-5-10-8-9-12-11-6-3-4-7-13(11)15-14(10)12/h3-4,6-7,10,15H,2,5,8-9H2,1H3. The topological polar surface area (TPSA) is 15.8 Å². The second-order valence-corrected chi connectivity index (χ2v) is 4.59. The lowest BCUT2D eigenvalue weighted by molar-refractivity contribution is 0.598. The average Bonchev–Trinajstić information content (AvgIpc) is 2.79. The van der Waals surface area contributed by atoms with Crippen molar-refractivity contribution in [1.82, 2.24) is 4.98 Å². The van der Waals surface area contributed by atoms with Crippen LogP contribution in [0.1, 0.15) is 43.4 Å². The highest BCUT2D eigenvalue weighted by Crippen LogP contribution is 2.39. The molecule has 1 atom stereocenters. The van der Waals surface area contributed by atoms with Gasteiger partial charge in [-0.05, 0) is 36.8 Å². The van der Waals surface area contributed by atoms with E-state index in [1.165, 1.54) is 42.3 Å². The zero-order chi connectivity index (χ0) is 10.3. The molecule has 0 bridgehead atoms. The number of aromatic amines is 1. The monoisotopic (exact) mass is 199 g/mol. The maximum atomic E-state index is 3.61. The quantitative estimate of drug-likeness (QED) is 0.752. The molecule has 1 aliphatic carbocycles. The number of aromatic nitrogens is 1. The summed E-state index contributed by atoms with van der Waals surface area (Å²) in [6, 6.07) is 8.70. The third-order valence-electron chi connectivity index (χ3n) is 3.63. The number of nitrogens with one attached hydrogen (secondary N) is 1. The fourth-order valence-corrected chi connectivity index (χ4v) is 2.94. The van der Waals surface area contributed by atoms with Crippen LogP contribution in [0, 0.1) is 0 Å². The molecule has 1 unspecified atom stereocenters. The number of H-pyrrole nitrogens is 1. The minimum Gasteiger partial charge on any atom is -0.358 e. The van der Waals surface area contributed by atoms with Crippen LogP contribution in [0.5, 0.6) is 0 Å². The summed E-state index contributed by atoms with van der Waals surface area (Å²) >= 11 is 0. The van der Waals surface area contributed by atoms with E-state index in [-0.39, 0.29) is 0 Å². The predicted molar refractivity (Wildman–Crippen MR) is 64.3 cm³/mol. The summed E-state index contributed by atoms with van der Waals surface area (Å²) in [5.74, 6) is 0.789. The van der Waals surface area contributed by atoms with Gasteiger partial charge in [-0.3, -0.25) is 0 Å². The molecule has 1 heteroatoms. The number of hydrogen-bond acceptors (Lipinski definition) is 0. The normalized spacial score (nSPS) is 19.7. The van der Waals surface area contributed by atoms with E-state index >= 15 is 0 Å². The third-order valence-corrected chi connectivity index (χ3v) is 3.63. The van der Waals surface area contributed by atoms with Crippen LogP contribution < -0.4 is 0 Å². The summed E-state index contributed by atoms with van der Waals surface area (Å²) in [5.41, 5.74) is 4.44. The molecular weight excluding hydrogens is 182 g/mol. The minimum absolute atomic E-state index is 0.789. The first-order valence-electron chi connectivity index (χ1n) is 5.99. The molecule has 1 heterocycles. The Labute approximate surface area is 90.5 Å². The van der Waals surface area contributed by atoms with Gasteiger partial charge in [-0.2, -0.15) is 0 Å². The van der Waals surface area contributed by atoms with Gasteiger partial charge in [-0.1, -0.05) is 31.5 Å². The largest absolute Gasteiger partial charge is 0.358 e. The van der Waals surface area contributed by atoms with E-state index < -0.39 is 0 Å². The fraction of sp³-hybridized carbons (Fsp3) is 0.429. The van der Waals surface area contributed by atoms with Gasteiger partial charge in [0.25, 0.3) is 0 Å². The Kier molecular flexibility index (Phi) is 2.05. The van der Waals surface area contributed by atoms with Crippen molar-refractivity contribution >= 4 is 10.9 Å². The van der Waals surface area contributed by atoms with Gasteiger partial charge in [0.2, 0.25) is 0 Å². The number of rotatable bonds is 2. The molecule has 3 rings (SSSR count). The van der Waals surface area contributed by atoms with Crippen molar-refractivity contribution in [2.75, 3.05) is 0 Å². The maximum absolute atomic E-state index is 3.61. The van der Waals surface area contributed by atoms with Crippen LogP contribution in [-0.2, 0) is 6.42 Å². The van der Waals surface area contributed by atoms with Gasteiger partial charge < -0.3 is 4.98 Å². The molecule has 0 fully saturated rings. The number of para-hydroxylation sites is 1. The van der Waals surface area contributed by atoms with Gasteiger partial charge in [0.15, 0.2) is 0 Å². The molecule has 0 spiro atoms. The van der Waals surface area contributed by atoms with Gasteiger partial charge in [0, 0.05) is 16.6 Å². The van der Waals surface area contributed by atoms with Crippen molar-refractivity contribution in [3.8, 4) is 0 Å². The highest BCUT2D eigenvalue weighted by molar-refractivity contribution is 5.85. The van der Waals surface area contributed by atoms with E-state index in [0.717, 1.165) is 5.92 Å². The molecule has 1 nitrogen and oxygen atoms in total. The fourth-order valence-electron chi connectivity index (χ4n) is 2.94. The van der Waals surface area contributed by atoms with Crippen LogP contribution in [0.25, 0.3) is 10.9 Å². The molecule has 0 saturated carbocycles. The number of benzene rings is 1. The lowest BCUT2D eigenvalue weighted by Gasteiger charge is -2.06. The Morgan fingerprint density at radius 2 is 2.20 bits per heavy atom. The average molecular weight is 199 g/mol. The zero-order valence-electron chi connectivity index (χ0n) is 9.22. The van der Waals surface area contributed by atoms with E-state index in [1.807, 2.05) is 0 Å². The third kappa shape index (κ3) is 1.30. The highest BCUT2D eigenvalue weighted by atomic mass is 14.7. The first kappa shape index (κ1) is 9.02. The second-order valence-electron chi connectivity index (χ2n) is 4.59. The molecule has 1 aromatic heterocycles. The van der Waals surface area contributed by atoms with E-state index in [0.29, 0.717) is 0 Å². The van der Waals surface area contributed by atoms with Crippen LogP contribution >= 0.6 is 0 Å². The molecule has 0 amide bonds. The second kappa shape index (κ2) is 3.41. The zero-order valence-corrected chi connectivity index (χ0v) is 9.22. The van der Waals surface area contributed by atoms with Crippen LogP contribution in [0.15, 0.2) is 24.3 Å². The van der Waals surface area contributed by atoms with E-state index in [1.54, 1.807) is 5.56 Å². The Bertz CT molecular complexity index is 481. The molecule has 0 aliphatic heterocycles. The van der Waals surface area contributed by atoms with Crippen molar-refractivity contribution < 1.29 is 0 Å². The van der Waals surface area contributed by atoms with Crippen LogP contribution in [0.3, 0.4) is 0 Å². The number of aryl methyl sites for hydroxylation is 1. The molecule has 2 aromatic rings. The first-order chi connectivity index (χ1) is 7.40. The maximum Gasteiger partial charge on any atom is 0.0459 e. The Morgan fingerprint density at radius 3 is 3.07 bits per heavy atom. The Balaban J connectivity index is 2.13. The van der Waals surface area contributed by atoms with Gasteiger partial charge in [-0.25, -0.2) is 0 Å². The molecule has 1 aliphatic rings. The molecular formula is C14H17N. The van der Waals surface area contributed by atoms with Gasteiger partial charge >= 0.3 is 0 Å². The van der Waals surface area contributed by atoms with Crippen molar-refractivity contribution in [3.05, 3.63) is 35.5 Å². The molecule has 78 valence electrons. The van der Waals surface area contributed by atoms with Gasteiger partial charge in [0.05, 0.1) is 0 Å². The van der Waals surface area contributed by atoms with E-state index in [4.69, 9.17) is 0 Å². The summed E-state index contributed by atoms with van der Waals surface area (Å²) in [7, 11) is 0. The summed E-state index contributed by atoms with van der Waals surface area (Å²) in [4.78, 5) is 3.61. The van der Waals surface area contributed by atoms with Gasteiger partial charge in [-0.15, -0.1) is 0 Å². The first-order valence-corrected chi connectivity index (χ1v) is 5.99. The van der Waals surface area contributed by atoms with Crippen molar-refractivity contribution in [2.45, 2.75) is 38.5 Å². The summed E-state index contributed by atoms with van der Waals surface area (Å²) < 4.78 is 0. The Hall–Kier alpha value is -1.24. The van der Waals surface area contributed by atoms with Crippen molar-refractivity contribution in [1.29, 1.82) is 0 Å². The summed E-state index contributed by atoms with van der Waals surface area (Å²) in [6.07, 6.45) is 5.24. The lowest BCUT2D eigenvalue weighted by atomic mass is 10.0.